The fraction of sp³-hybridized carbons (Fsp3) is 0.190. The Kier molecular flexibility index (Phi) is 6.19. The second-order valence-electron chi connectivity index (χ2n) is 7.34. The summed E-state index contributed by atoms with van der Waals surface area (Å²) in [5, 5.41) is 18.4. The van der Waals surface area contributed by atoms with E-state index in [0.29, 0.717) is 0 Å². The maximum atomic E-state index is 13.7. The molecule has 3 atom stereocenters. The number of esters is 1. The first-order valence-electron chi connectivity index (χ1n) is 9.60. The summed E-state index contributed by atoms with van der Waals surface area (Å²) in [6.07, 6.45) is -1.02. The van der Waals surface area contributed by atoms with Crippen molar-refractivity contribution in [2.45, 2.75) is 18.4 Å². The molecule has 2 N–H and O–H groups in total. The summed E-state index contributed by atoms with van der Waals surface area (Å²) in [6, 6.07) is 4.35. The van der Waals surface area contributed by atoms with Gasteiger partial charge in [-0.2, -0.15) is 8.78 Å². The zero-order valence-electron chi connectivity index (χ0n) is 17.2. The topological polar surface area (TPSA) is 113 Å². The highest BCUT2D eigenvalue weighted by Gasteiger charge is 2.58. The van der Waals surface area contributed by atoms with Gasteiger partial charge in [-0.25, -0.2) is 22.8 Å². The minimum absolute atomic E-state index is 0.0115. The number of fused-ring (bicyclic) bond motifs is 1. The fourth-order valence-electron chi connectivity index (χ4n) is 3.41. The highest BCUT2D eigenvalue weighted by Crippen LogP contribution is 2.50. The Labute approximate surface area is 196 Å². The molecule has 2 aromatic rings. The van der Waals surface area contributed by atoms with Crippen LogP contribution in [0.3, 0.4) is 0 Å². The summed E-state index contributed by atoms with van der Waals surface area (Å²) in [6.45, 7) is 1.39. The number of carboxylic acids is 1. The minimum Gasteiger partial charge on any atom is -0.476 e. The van der Waals surface area contributed by atoms with Crippen LogP contribution in [0.1, 0.15) is 17.3 Å². The molecule has 2 aliphatic heterocycles. The number of hydrogen-bond acceptors (Lipinski definition) is 7. The van der Waals surface area contributed by atoms with Gasteiger partial charge in [0, 0.05) is 0 Å². The standard InChI is InChI=1S/C21H12F5NO7S/c1-6(28)9-17(29)27-15(19(30)31)21(35-18(9)27)33-8-4-2-7(3-5-8)20(32)34-16-13(25)11(23)10(22)12(24)14(16)26/h2-6,9,18,28H,1H3,(H,30,31)/t6-,9+,18-/m1/s1. The first kappa shape index (κ1) is 24.5. The molecule has 0 aromatic heterocycles. The number of hydrogen-bond donors (Lipinski definition) is 2. The number of aliphatic hydroxyl groups excluding tert-OH is 1. The lowest BCUT2D eigenvalue weighted by Crippen LogP contribution is -2.60. The van der Waals surface area contributed by atoms with Crippen LogP contribution in [-0.2, 0) is 9.59 Å². The molecule has 14 heteroatoms. The number of carbonyl (C=O) groups excluding carboxylic acids is 2. The summed E-state index contributed by atoms with van der Waals surface area (Å²) in [5.74, 6) is -17.7. The number of aliphatic hydroxyl groups is 1. The molecule has 1 saturated heterocycles. The van der Waals surface area contributed by atoms with Crippen molar-refractivity contribution in [2.75, 3.05) is 0 Å². The maximum absolute atomic E-state index is 13.7. The van der Waals surface area contributed by atoms with Crippen LogP contribution in [0, 0.1) is 35.0 Å². The molecular weight excluding hydrogens is 505 g/mol. The maximum Gasteiger partial charge on any atom is 0.357 e. The van der Waals surface area contributed by atoms with E-state index in [9.17, 15) is 46.5 Å². The van der Waals surface area contributed by atoms with Crippen LogP contribution in [0.5, 0.6) is 11.5 Å². The number of carbonyl (C=O) groups is 3. The molecule has 0 bridgehead atoms. The molecule has 1 fully saturated rings. The summed E-state index contributed by atoms with van der Waals surface area (Å²) in [4.78, 5) is 37.0. The van der Waals surface area contributed by atoms with Crippen molar-refractivity contribution in [1.29, 1.82) is 0 Å². The number of β-lactam (4-membered cyclic amide) rings is 1. The summed E-state index contributed by atoms with van der Waals surface area (Å²) in [5.41, 5.74) is -0.794. The zero-order valence-corrected chi connectivity index (χ0v) is 18.0. The lowest BCUT2D eigenvalue weighted by atomic mass is 9.92. The monoisotopic (exact) mass is 517 g/mol. The van der Waals surface area contributed by atoms with Gasteiger partial charge in [0.05, 0.1) is 17.6 Å². The SMILES string of the molecule is C[C@@H](O)[C@H]1C(=O)N2C(C(=O)O)=C(Oc3ccc(C(=O)Oc4c(F)c(F)c(F)c(F)c4F)cc3)S[C@H]12. The molecular formula is C21H12F5NO7S. The van der Waals surface area contributed by atoms with Crippen molar-refractivity contribution in [3.8, 4) is 11.5 Å². The third kappa shape index (κ3) is 3.97. The van der Waals surface area contributed by atoms with Crippen LogP contribution in [0.25, 0.3) is 0 Å². The van der Waals surface area contributed by atoms with E-state index < -0.39 is 75.8 Å². The van der Waals surface area contributed by atoms with Crippen LogP contribution >= 0.6 is 11.8 Å². The van der Waals surface area contributed by atoms with Crippen LogP contribution in [0.2, 0.25) is 0 Å². The van der Waals surface area contributed by atoms with E-state index >= 15 is 0 Å². The summed E-state index contributed by atoms with van der Waals surface area (Å²) >= 11 is 0.896. The number of nitrogens with zero attached hydrogens (tertiary/aromatic N) is 1. The van der Waals surface area contributed by atoms with Gasteiger partial charge in [-0.15, -0.1) is 0 Å². The average Bonchev–Trinajstić information content (AvgIpc) is 3.13. The van der Waals surface area contributed by atoms with Crippen LogP contribution in [0.15, 0.2) is 35.1 Å². The second-order valence-corrected chi connectivity index (χ2v) is 8.43. The third-order valence-corrected chi connectivity index (χ3v) is 6.37. The van der Waals surface area contributed by atoms with E-state index in [-0.39, 0.29) is 16.4 Å². The molecule has 0 unspecified atom stereocenters. The first-order valence-corrected chi connectivity index (χ1v) is 10.5. The van der Waals surface area contributed by atoms with Crippen molar-refractivity contribution >= 4 is 29.6 Å². The molecule has 184 valence electrons. The highest BCUT2D eigenvalue weighted by molar-refractivity contribution is 8.03. The van der Waals surface area contributed by atoms with E-state index in [1.165, 1.54) is 6.92 Å². The van der Waals surface area contributed by atoms with Crippen molar-refractivity contribution in [3.63, 3.8) is 0 Å². The highest BCUT2D eigenvalue weighted by atomic mass is 32.2. The number of rotatable bonds is 6. The Morgan fingerprint density at radius 3 is 2.06 bits per heavy atom. The number of thioether (sulfide) groups is 1. The molecule has 35 heavy (non-hydrogen) atoms. The smallest absolute Gasteiger partial charge is 0.357 e. The molecule has 0 aliphatic carbocycles. The van der Waals surface area contributed by atoms with Crippen molar-refractivity contribution in [3.05, 3.63) is 69.7 Å². The number of amides is 1. The normalized spacial score (nSPS) is 19.9. The van der Waals surface area contributed by atoms with Crippen LogP contribution in [-0.4, -0.2) is 44.4 Å². The molecule has 0 spiro atoms. The third-order valence-electron chi connectivity index (χ3n) is 5.13. The van der Waals surface area contributed by atoms with Gasteiger partial charge in [0.15, 0.2) is 10.8 Å². The van der Waals surface area contributed by atoms with E-state index in [0.717, 1.165) is 40.9 Å². The molecule has 2 aromatic carbocycles. The van der Waals surface area contributed by atoms with Gasteiger partial charge in [0.1, 0.15) is 11.1 Å². The Balaban J connectivity index is 1.52. The summed E-state index contributed by atoms with van der Waals surface area (Å²) in [7, 11) is 0. The van der Waals surface area contributed by atoms with Crippen molar-refractivity contribution < 1.29 is 56.0 Å². The van der Waals surface area contributed by atoms with Gasteiger partial charge in [0.25, 0.3) is 0 Å². The predicted octanol–water partition coefficient (Wildman–Crippen LogP) is 3.15. The number of halogens is 5. The molecule has 0 radical (unpaired) electrons. The molecule has 1 amide bonds. The van der Waals surface area contributed by atoms with Gasteiger partial charge < -0.3 is 19.7 Å². The fourth-order valence-corrected chi connectivity index (χ4v) is 4.88. The van der Waals surface area contributed by atoms with Gasteiger partial charge >= 0.3 is 11.9 Å². The van der Waals surface area contributed by atoms with Gasteiger partial charge in [-0.1, -0.05) is 11.8 Å². The molecule has 8 nitrogen and oxygen atoms in total. The van der Waals surface area contributed by atoms with Crippen molar-refractivity contribution in [1.82, 2.24) is 4.90 Å². The largest absolute Gasteiger partial charge is 0.476 e. The first-order chi connectivity index (χ1) is 16.4. The Bertz CT molecular complexity index is 1270. The number of ether oxygens (including phenoxy) is 2. The van der Waals surface area contributed by atoms with E-state index in [1.807, 2.05) is 0 Å². The summed E-state index contributed by atoms with van der Waals surface area (Å²) < 4.78 is 77.0. The Morgan fingerprint density at radius 2 is 1.54 bits per heavy atom. The lowest BCUT2D eigenvalue weighted by Gasteiger charge is -2.43. The van der Waals surface area contributed by atoms with Crippen LogP contribution in [0.4, 0.5) is 22.0 Å². The van der Waals surface area contributed by atoms with E-state index in [2.05, 4.69) is 4.74 Å². The minimum atomic E-state index is -2.41. The zero-order chi connectivity index (χ0) is 25.8. The van der Waals surface area contributed by atoms with Gasteiger partial charge in [-0.3, -0.25) is 9.69 Å². The predicted molar refractivity (Wildman–Crippen MR) is 106 cm³/mol. The van der Waals surface area contributed by atoms with E-state index in [1.54, 1.807) is 0 Å². The second kappa shape index (κ2) is 8.85. The molecule has 2 heterocycles. The number of aliphatic carboxylic acids is 1. The molecule has 0 saturated carbocycles. The van der Waals surface area contributed by atoms with Crippen molar-refractivity contribution in [2.24, 2.45) is 5.92 Å². The average molecular weight is 517 g/mol. The number of benzene rings is 2. The Morgan fingerprint density at radius 1 is 1.00 bits per heavy atom. The molecule has 4 rings (SSSR count). The quantitative estimate of drug-likeness (QED) is 0.150. The van der Waals surface area contributed by atoms with Gasteiger partial charge in [-0.05, 0) is 31.2 Å². The number of carboxylic acid groups (broad SMARTS) is 1. The Hall–Kier alpha value is -3.65. The molecule has 2 aliphatic rings. The van der Waals surface area contributed by atoms with Gasteiger partial charge in [0.2, 0.25) is 40.7 Å². The van der Waals surface area contributed by atoms with Crippen LogP contribution < -0.4 is 9.47 Å². The van der Waals surface area contributed by atoms with E-state index in [4.69, 9.17) is 4.74 Å². The lowest BCUT2D eigenvalue weighted by molar-refractivity contribution is -0.156.